The van der Waals surface area contributed by atoms with Gasteiger partial charge in [0.25, 0.3) is 0 Å². The number of Topliss-reactive ketones (excluding diaryl/α,β-unsaturated/α-hetero) is 1. The second-order valence-electron chi connectivity index (χ2n) is 6.10. The lowest BCUT2D eigenvalue weighted by molar-refractivity contribution is -0.134. The number of ketones is 1. The maximum absolute atomic E-state index is 12.2. The molecule has 1 fully saturated rings. The predicted molar refractivity (Wildman–Crippen MR) is 91.7 cm³/mol. The molecule has 0 atom stereocenters. The molecule has 0 bridgehead atoms. The summed E-state index contributed by atoms with van der Waals surface area (Å²) in [6, 6.07) is 12.1. The van der Waals surface area contributed by atoms with E-state index in [1.54, 1.807) is 36.4 Å². The van der Waals surface area contributed by atoms with Crippen LogP contribution < -0.4 is 0 Å². The molecular weight excluding hydrogens is 342 g/mol. The molecule has 3 rings (SSSR count). The van der Waals surface area contributed by atoms with Crippen LogP contribution in [0.1, 0.15) is 29.0 Å². The molecule has 1 aliphatic rings. The Morgan fingerprint density at radius 3 is 2.40 bits per heavy atom. The summed E-state index contributed by atoms with van der Waals surface area (Å²) in [6.45, 7) is 0.364. The molecule has 132 valence electrons. The van der Waals surface area contributed by atoms with Gasteiger partial charge in [-0.3, -0.25) is 9.59 Å². The summed E-state index contributed by atoms with van der Waals surface area (Å²) in [6.07, 6.45) is 1.66. The minimum absolute atomic E-state index is 0.0866. The van der Waals surface area contributed by atoms with Crippen molar-refractivity contribution in [2.75, 3.05) is 13.1 Å². The third-order valence-electron chi connectivity index (χ3n) is 4.29. The number of rotatable bonds is 7. The number of amides is 1. The summed E-state index contributed by atoms with van der Waals surface area (Å²) in [5.74, 6) is -0.0254. The Bertz CT molecular complexity index is 837. The van der Waals surface area contributed by atoms with Gasteiger partial charge >= 0.3 is 0 Å². The van der Waals surface area contributed by atoms with Crippen LogP contribution in [0.3, 0.4) is 0 Å². The fraction of sp³-hybridized carbons (Fsp3) is 0.333. The van der Waals surface area contributed by atoms with E-state index < -0.39 is 15.1 Å². The third-order valence-corrected chi connectivity index (χ3v) is 6.29. The largest absolute Gasteiger partial charge is 0.468 e. The smallest absolute Gasteiger partial charge is 0.223 e. The second-order valence-corrected chi connectivity index (χ2v) is 8.38. The topological polar surface area (TPSA) is 84.7 Å². The van der Waals surface area contributed by atoms with Gasteiger partial charge in [-0.15, -0.1) is 0 Å². The molecule has 25 heavy (non-hydrogen) atoms. The molecule has 1 saturated heterocycles. The number of hydrogen-bond acceptors (Lipinski definition) is 5. The van der Waals surface area contributed by atoms with E-state index >= 15 is 0 Å². The van der Waals surface area contributed by atoms with E-state index in [1.807, 2.05) is 6.07 Å². The number of nitrogens with zero attached hydrogens (tertiary/aromatic N) is 1. The number of likely N-dealkylation sites (tertiary alicyclic amines) is 1. The molecule has 1 aromatic heterocycles. The highest BCUT2D eigenvalue weighted by Gasteiger charge is 2.39. The van der Waals surface area contributed by atoms with Crippen LogP contribution in [0.25, 0.3) is 0 Å². The number of benzene rings is 1. The van der Waals surface area contributed by atoms with Crippen LogP contribution in [-0.2, 0) is 20.4 Å². The van der Waals surface area contributed by atoms with Gasteiger partial charge in [0.15, 0.2) is 15.6 Å². The van der Waals surface area contributed by atoms with E-state index in [0.29, 0.717) is 11.3 Å². The lowest BCUT2D eigenvalue weighted by Crippen LogP contribution is -2.57. The zero-order valence-electron chi connectivity index (χ0n) is 13.6. The molecule has 7 heteroatoms. The van der Waals surface area contributed by atoms with Crippen LogP contribution in [0.15, 0.2) is 53.1 Å². The first-order valence-corrected chi connectivity index (χ1v) is 9.77. The van der Waals surface area contributed by atoms with Crippen LogP contribution in [0.4, 0.5) is 0 Å². The van der Waals surface area contributed by atoms with Gasteiger partial charge < -0.3 is 9.32 Å². The summed E-state index contributed by atoms with van der Waals surface area (Å²) < 4.78 is 29.6. The lowest BCUT2D eigenvalue weighted by atomic mass is 10.1. The van der Waals surface area contributed by atoms with Crippen molar-refractivity contribution in [2.45, 2.75) is 23.8 Å². The van der Waals surface area contributed by atoms with Crippen molar-refractivity contribution in [1.82, 2.24) is 4.90 Å². The Morgan fingerprint density at radius 2 is 1.76 bits per heavy atom. The second kappa shape index (κ2) is 7.23. The van der Waals surface area contributed by atoms with E-state index in [2.05, 4.69) is 0 Å². The van der Waals surface area contributed by atoms with Crippen LogP contribution in [0.2, 0.25) is 0 Å². The number of furan rings is 1. The van der Waals surface area contributed by atoms with Crippen LogP contribution >= 0.6 is 0 Å². The Morgan fingerprint density at radius 1 is 1.04 bits per heavy atom. The molecule has 1 amide bonds. The van der Waals surface area contributed by atoms with Crippen molar-refractivity contribution in [2.24, 2.45) is 0 Å². The zero-order valence-corrected chi connectivity index (χ0v) is 14.4. The molecule has 0 unspecified atom stereocenters. The van der Waals surface area contributed by atoms with Gasteiger partial charge in [0.2, 0.25) is 5.91 Å². The predicted octanol–water partition coefficient (Wildman–Crippen LogP) is 2.07. The standard InChI is InChI=1S/C18H19NO5S/c20-17(14-5-2-1-3-6-14)8-9-18(21)19-11-16(12-19)25(22,23)13-15-7-4-10-24-15/h1-7,10,16H,8-9,11-13H2. The zero-order chi connectivity index (χ0) is 17.9. The molecule has 2 aromatic rings. The molecule has 0 saturated carbocycles. The minimum atomic E-state index is -3.34. The van der Waals surface area contributed by atoms with Gasteiger partial charge in [0.1, 0.15) is 11.5 Å². The molecule has 1 aliphatic heterocycles. The van der Waals surface area contributed by atoms with Gasteiger partial charge in [0.05, 0.1) is 11.5 Å². The minimum Gasteiger partial charge on any atom is -0.468 e. The molecule has 0 N–H and O–H groups in total. The number of carbonyl (C=O) groups excluding carboxylic acids is 2. The van der Waals surface area contributed by atoms with Crippen molar-refractivity contribution in [3.05, 3.63) is 60.1 Å². The van der Waals surface area contributed by atoms with Crippen molar-refractivity contribution >= 4 is 21.5 Å². The molecule has 0 aliphatic carbocycles. The van der Waals surface area contributed by atoms with E-state index in [0.717, 1.165) is 0 Å². The number of hydrogen-bond donors (Lipinski definition) is 0. The van der Waals surface area contributed by atoms with Crippen LogP contribution in [0.5, 0.6) is 0 Å². The van der Waals surface area contributed by atoms with Crippen molar-refractivity contribution < 1.29 is 22.4 Å². The first kappa shape index (κ1) is 17.4. The summed E-state index contributed by atoms with van der Waals surface area (Å²) in [5, 5.41) is -0.564. The molecule has 6 nitrogen and oxygen atoms in total. The van der Waals surface area contributed by atoms with Crippen molar-refractivity contribution in [3.8, 4) is 0 Å². The highest BCUT2D eigenvalue weighted by molar-refractivity contribution is 7.91. The van der Waals surface area contributed by atoms with Gasteiger partial charge in [-0.1, -0.05) is 30.3 Å². The van der Waals surface area contributed by atoms with E-state index in [9.17, 15) is 18.0 Å². The maximum atomic E-state index is 12.2. The first-order chi connectivity index (χ1) is 12.0. The SMILES string of the molecule is O=C(CCC(=O)N1CC(S(=O)(=O)Cc2ccco2)C1)c1ccccc1. The summed E-state index contributed by atoms with van der Waals surface area (Å²) in [4.78, 5) is 25.6. The van der Waals surface area contributed by atoms with Gasteiger partial charge in [-0.05, 0) is 12.1 Å². The first-order valence-electron chi connectivity index (χ1n) is 8.06. The summed E-state index contributed by atoms with van der Waals surface area (Å²) >= 11 is 0. The molecular formula is C18H19NO5S. The Labute approximate surface area is 146 Å². The van der Waals surface area contributed by atoms with Gasteiger partial charge in [-0.25, -0.2) is 8.42 Å². The maximum Gasteiger partial charge on any atom is 0.223 e. The van der Waals surface area contributed by atoms with Gasteiger partial charge in [0, 0.05) is 31.5 Å². The van der Waals surface area contributed by atoms with E-state index in [-0.39, 0.29) is 43.4 Å². The Balaban J connectivity index is 1.46. The van der Waals surface area contributed by atoms with Crippen molar-refractivity contribution in [1.29, 1.82) is 0 Å². The van der Waals surface area contributed by atoms with Crippen molar-refractivity contribution in [3.63, 3.8) is 0 Å². The average Bonchev–Trinajstić information content (AvgIpc) is 3.03. The average molecular weight is 361 g/mol. The van der Waals surface area contributed by atoms with Crippen LogP contribution in [0, 0.1) is 0 Å². The highest BCUT2D eigenvalue weighted by Crippen LogP contribution is 2.22. The molecule has 0 radical (unpaired) electrons. The number of sulfone groups is 1. The molecule has 2 heterocycles. The summed E-state index contributed by atoms with van der Waals surface area (Å²) in [7, 11) is -3.34. The van der Waals surface area contributed by atoms with Crippen LogP contribution in [-0.4, -0.2) is 43.3 Å². The summed E-state index contributed by atoms with van der Waals surface area (Å²) in [5.41, 5.74) is 0.581. The van der Waals surface area contributed by atoms with E-state index in [1.165, 1.54) is 11.2 Å². The molecule has 0 spiro atoms. The highest BCUT2D eigenvalue weighted by atomic mass is 32.2. The molecule has 1 aromatic carbocycles. The monoisotopic (exact) mass is 361 g/mol. The third kappa shape index (κ3) is 4.17. The van der Waals surface area contributed by atoms with Gasteiger partial charge in [-0.2, -0.15) is 0 Å². The fourth-order valence-electron chi connectivity index (χ4n) is 2.73. The fourth-order valence-corrected chi connectivity index (χ4v) is 4.34. The quantitative estimate of drug-likeness (QED) is 0.705. The normalized spacial score (nSPS) is 15.0. The van der Waals surface area contributed by atoms with E-state index in [4.69, 9.17) is 4.42 Å². The number of carbonyl (C=O) groups is 2. The Hall–Kier alpha value is -2.41. The lowest BCUT2D eigenvalue weighted by Gasteiger charge is -2.38. The Kier molecular flexibility index (Phi) is 5.03.